The van der Waals surface area contributed by atoms with Gasteiger partial charge in [-0.05, 0) is 24.3 Å². The van der Waals surface area contributed by atoms with Crippen molar-refractivity contribution >= 4 is 11.7 Å². The number of methoxy groups -OCH3 is 1. The van der Waals surface area contributed by atoms with E-state index >= 15 is 0 Å². The summed E-state index contributed by atoms with van der Waals surface area (Å²) in [4.78, 5) is 12.1. The molecule has 0 radical (unpaired) electrons. The zero-order valence-electron chi connectivity index (χ0n) is 15.3. The fourth-order valence-electron chi connectivity index (χ4n) is 2.68. The van der Waals surface area contributed by atoms with E-state index in [4.69, 9.17) is 19.9 Å². The van der Waals surface area contributed by atoms with Gasteiger partial charge < -0.3 is 24.5 Å². The molecule has 0 bridgehead atoms. The number of hydrogen-bond donors (Lipinski definition) is 1. The van der Waals surface area contributed by atoms with Crippen LogP contribution >= 0.6 is 0 Å². The first kappa shape index (κ1) is 18.9. The predicted octanol–water partition coefficient (Wildman–Crippen LogP) is 3.18. The summed E-state index contributed by atoms with van der Waals surface area (Å²) in [6.45, 7) is 0.732. The molecule has 1 heterocycles. The lowest BCUT2D eigenvalue weighted by molar-refractivity contribution is 0.0593. The number of nitrogens with two attached hydrogens (primary N) is 1. The van der Waals surface area contributed by atoms with E-state index in [0.717, 1.165) is 5.75 Å². The van der Waals surface area contributed by atoms with Crippen molar-refractivity contribution in [3.8, 4) is 23.3 Å². The SMILES string of the molecule is COC(=O)c1c(N)c(C#N)cn1-c1cccc(OCCOc2ccccc2)c1. The first-order valence-corrected chi connectivity index (χ1v) is 8.54. The van der Waals surface area contributed by atoms with Crippen LogP contribution in [-0.4, -0.2) is 30.9 Å². The number of nitrogens with zero attached hydrogens (tertiary/aromatic N) is 2. The Hall–Kier alpha value is -3.92. The number of nitrogen functional groups attached to an aromatic ring is 1. The Morgan fingerprint density at radius 1 is 1.07 bits per heavy atom. The van der Waals surface area contributed by atoms with Crippen molar-refractivity contribution in [3.63, 3.8) is 0 Å². The van der Waals surface area contributed by atoms with E-state index < -0.39 is 5.97 Å². The maximum atomic E-state index is 12.1. The van der Waals surface area contributed by atoms with E-state index in [-0.39, 0.29) is 16.9 Å². The van der Waals surface area contributed by atoms with Crippen LogP contribution < -0.4 is 15.2 Å². The Bertz CT molecular complexity index is 1010. The van der Waals surface area contributed by atoms with Crippen molar-refractivity contribution < 1.29 is 19.0 Å². The monoisotopic (exact) mass is 377 g/mol. The molecule has 0 saturated heterocycles. The minimum Gasteiger partial charge on any atom is -0.490 e. The average Bonchev–Trinajstić information content (AvgIpc) is 3.08. The second-order valence-electron chi connectivity index (χ2n) is 5.79. The highest BCUT2D eigenvalue weighted by Crippen LogP contribution is 2.26. The van der Waals surface area contributed by atoms with Crippen molar-refractivity contribution in [3.05, 3.63) is 72.1 Å². The standard InChI is InChI=1S/C21H19N3O4/c1-26-21(25)20-19(23)15(13-22)14-24(20)16-6-5-9-18(12-16)28-11-10-27-17-7-3-2-4-8-17/h2-9,12,14H,10-11,23H2,1H3. The van der Waals surface area contributed by atoms with E-state index in [0.29, 0.717) is 24.7 Å². The fraction of sp³-hybridized carbons (Fsp3) is 0.143. The zero-order chi connectivity index (χ0) is 19.9. The van der Waals surface area contributed by atoms with Gasteiger partial charge in [-0.3, -0.25) is 0 Å². The van der Waals surface area contributed by atoms with Gasteiger partial charge in [0.05, 0.1) is 18.4 Å². The Morgan fingerprint density at radius 3 is 2.43 bits per heavy atom. The number of rotatable bonds is 7. The summed E-state index contributed by atoms with van der Waals surface area (Å²) in [5.74, 6) is 0.742. The summed E-state index contributed by atoms with van der Waals surface area (Å²) in [5, 5.41) is 9.22. The summed E-state index contributed by atoms with van der Waals surface area (Å²) in [7, 11) is 1.26. The smallest absolute Gasteiger partial charge is 0.357 e. The maximum absolute atomic E-state index is 12.1. The third kappa shape index (κ3) is 4.07. The number of aromatic nitrogens is 1. The van der Waals surface area contributed by atoms with Gasteiger partial charge in [-0.15, -0.1) is 0 Å². The molecule has 0 saturated carbocycles. The van der Waals surface area contributed by atoms with Crippen LogP contribution in [0.2, 0.25) is 0 Å². The van der Waals surface area contributed by atoms with Crippen LogP contribution in [0.4, 0.5) is 5.69 Å². The number of nitriles is 1. The molecular weight excluding hydrogens is 358 g/mol. The number of carbonyl (C=O) groups is 1. The van der Waals surface area contributed by atoms with Crippen molar-refractivity contribution in [1.82, 2.24) is 4.57 Å². The molecule has 28 heavy (non-hydrogen) atoms. The van der Waals surface area contributed by atoms with Crippen LogP contribution in [0.1, 0.15) is 16.1 Å². The van der Waals surface area contributed by atoms with E-state index in [1.807, 2.05) is 36.4 Å². The molecule has 0 atom stereocenters. The molecule has 7 nitrogen and oxygen atoms in total. The Morgan fingerprint density at radius 2 is 1.75 bits per heavy atom. The molecule has 0 aliphatic carbocycles. The number of carbonyl (C=O) groups excluding carboxylic acids is 1. The number of hydrogen-bond acceptors (Lipinski definition) is 6. The minimum atomic E-state index is -0.624. The number of anilines is 1. The maximum Gasteiger partial charge on any atom is 0.357 e. The second kappa shape index (κ2) is 8.64. The molecule has 0 aliphatic heterocycles. The van der Waals surface area contributed by atoms with Gasteiger partial charge in [0.1, 0.15) is 30.8 Å². The quantitative estimate of drug-likeness (QED) is 0.501. The average molecular weight is 377 g/mol. The summed E-state index contributed by atoms with van der Waals surface area (Å²) in [6.07, 6.45) is 1.50. The highest BCUT2D eigenvalue weighted by molar-refractivity contribution is 5.95. The van der Waals surface area contributed by atoms with E-state index in [1.54, 1.807) is 24.3 Å². The lowest BCUT2D eigenvalue weighted by Gasteiger charge is -2.12. The molecule has 0 fully saturated rings. The normalized spacial score (nSPS) is 10.1. The van der Waals surface area contributed by atoms with Crippen molar-refractivity contribution in [2.45, 2.75) is 0 Å². The van der Waals surface area contributed by atoms with Crippen molar-refractivity contribution in [2.24, 2.45) is 0 Å². The molecule has 0 spiro atoms. The molecule has 142 valence electrons. The first-order valence-electron chi connectivity index (χ1n) is 8.54. The van der Waals surface area contributed by atoms with Gasteiger partial charge >= 0.3 is 5.97 Å². The molecule has 0 amide bonds. The molecule has 0 aliphatic rings. The van der Waals surface area contributed by atoms with Gasteiger partial charge in [0.15, 0.2) is 5.69 Å². The van der Waals surface area contributed by atoms with Gasteiger partial charge in [-0.1, -0.05) is 24.3 Å². The summed E-state index contributed by atoms with van der Waals surface area (Å²) in [5.41, 5.74) is 6.93. The molecule has 1 aromatic heterocycles. The molecule has 2 N–H and O–H groups in total. The number of benzene rings is 2. The molecule has 3 aromatic rings. The lowest BCUT2D eigenvalue weighted by Crippen LogP contribution is -2.11. The molecular formula is C21H19N3O4. The highest BCUT2D eigenvalue weighted by atomic mass is 16.5. The third-order valence-electron chi connectivity index (χ3n) is 4.00. The van der Waals surface area contributed by atoms with E-state index in [1.165, 1.54) is 17.9 Å². The molecule has 7 heteroatoms. The summed E-state index contributed by atoms with van der Waals surface area (Å²) < 4.78 is 17.6. The van der Waals surface area contributed by atoms with Gasteiger partial charge in [0, 0.05) is 18.0 Å². The largest absolute Gasteiger partial charge is 0.490 e. The predicted molar refractivity (Wildman–Crippen MR) is 104 cm³/mol. The highest BCUT2D eigenvalue weighted by Gasteiger charge is 2.21. The molecule has 3 rings (SSSR count). The zero-order valence-corrected chi connectivity index (χ0v) is 15.3. The molecule has 2 aromatic carbocycles. The number of para-hydroxylation sites is 1. The van der Waals surface area contributed by atoms with Crippen LogP contribution in [-0.2, 0) is 4.74 Å². The second-order valence-corrected chi connectivity index (χ2v) is 5.79. The van der Waals surface area contributed by atoms with Gasteiger partial charge in [-0.25, -0.2) is 4.79 Å². The Kier molecular flexibility index (Phi) is 5.82. The van der Waals surface area contributed by atoms with Gasteiger partial charge in [0.2, 0.25) is 0 Å². The topological polar surface area (TPSA) is 99.5 Å². The minimum absolute atomic E-state index is 0.0805. The van der Waals surface area contributed by atoms with Crippen LogP contribution in [0.25, 0.3) is 5.69 Å². The Labute approximate surface area is 162 Å². The van der Waals surface area contributed by atoms with Crippen LogP contribution in [0.15, 0.2) is 60.8 Å². The molecule has 0 unspecified atom stereocenters. The lowest BCUT2D eigenvalue weighted by atomic mass is 10.2. The van der Waals surface area contributed by atoms with E-state index in [2.05, 4.69) is 0 Å². The number of ether oxygens (including phenoxy) is 3. The number of esters is 1. The van der Waals surface area contributed by atoms with Crippen molar-refractivity contribution in [2.75, 3.05) is 26.1 Å². The van der Waals surface area contributed by atoms with Crippen LogP contribution in [0.5, 0.6) is 11.5 Å². The summed E-state index contributed by atoms with van der Waals surface area (Å²) >= 11 is 0. The van der Waals surface area contributed by atoms with Gasteiger partial charge in [-0.2, -0.15) is 5.26 Å². The van der Waals surface area contributed by atoms with Crippen molar-refractivity contribution in [1.29, 1.82) is 5.26 Å². The first-order chi connectivity index (χ1) is 13.6. The van der Waals surface area contributed by atoms with E-state index in [9.17, 15) is 10.1 Å². The Balaban J connectivity index is 1.75. The fourth-order valence-corrected chi connectivity index (χ4v) is 2.68. The van der Waals surface area contributed by atoms with Gasteiger partial charge in [0.25, 0.3) is 0 Å². The van der Waals surface area contributed by atoms with Crippen LogP contribution in [0.3, 0.4) is 0 Å². The van der Waals surface area contributed by atoms with Crippen LogP contribution in [0, 0.1) is 11.3 Å². The summed E-state index contributed by atoms with van der Waals surface area (Å²) in [6, 6.07) is 18.5. The third-order valence-corrected chi connectivity index (χ3v) is 4.00.